The molecule has 1 aliphatic heterocycles. The summed E-state index contributed by atoms with van der Waals surface area (Å²) < 4.78 is 25.7. The molecule has 6 nitrogen and oxygen atoms in total. The number of hydrogen-bond donors (Lipinski definition) is 2. The van der Waals surface area contributed by atoms with Crippen LogP contribution in [-0.4, -0.2) is 51.2 Å². The van der Waals surface area contributed by atoms with E-state index in [0.29, 0.717) is 11.6 Å². The summed E-state index contributed by atoms with van der Waals surface area (Å²) in [5.41, 5.74) is 0.930. The van der Waals surface area contributed by atoms with Crippen LogP contribution in [0.4, 0.5) is 5.69 Å². The van der Waals surface area contributed by atoms with Gasteiger partial charge in [0, 0.05) is 18.3 Å². The fraction of sp³-hybridized carbons (Fsp3) is 0.696. The molecular formula is C23H35N3O3S. The normalized spacial score (nSPS) is 23.1. The molecule has 1 amide bonds. The monoisotopic (exact) mass is 433 g/mol. The Morgan fingerprint density at radius 2 is 1.83 bits per heavy atom. The summed E-state index contributed by atoms with van der Waals surface area (Å²) in [6.45, 7) is 3.25. The standard InChI is InChI=1S/C23H35N3O3S/c1-30(28,29)25-20-11-7-10-19(16-20)23(12-13-23)22(27)24-21(17-26-14-5-6-15-26)18-8-3-2-4-9-18/h7,10-11,16,18,21,25H,2-6,8-9,12-15,17H2,1H3,(H,24,27). The second-order valence-electron chi connectivity index (χ2n) is 9.52. The summed E-state index contributed by atoms with van der Waals surface area (Å²) in [7, 11) is -3.34. The summed E-state index contributed by atoms with van der Waals surface area (Å²) in [4.78, 5) is 16.0. The zero-order valence-corrected chi connectivity index (χ0v) is 18.8. The van der Waals surface area contributed by atoms with Crippen LogP contribution in [-0.2, 0) is 20.2 Å². The van der Waals surface area contributed by atoms with Crippen LogP contribution in [0.15, 0.2) is 24.3 Å². The van der Waals surface area contributed by atoms with Crippen molar-refractivity contribution in [3.05, 3.63) is 29.8 Å². The highest BCUT2D eigenvalue weighted by molar-refractivity contribution is 7.92. The molecule has 1 saturated heterocycles. The van der Waals surface area contributed by atoms with E-state index in [1.165, 1.54) is 44.9 Å². The van der Waals surface area contributed by atoms with E-state index in [0.717, 1.165) is 44.3 Å². The summed E-state index contributed by atoms with van der Waals surface area (Å²) in [6, 6.07) is 7.56. The third-order valence-corrected chi connectivity index (χ3v) is 7.70. The number of amides is 1. The van der Waals surface area contributed by atoms with Gasteiger partial charge in [0.1, 0.15) is 0 Å². The number of hydrogen-bond acceptors (Lipinski definition) is 4. The number of likely N-dealkylation sites (tertiary alicyclic amines) is 1. The highest BCUT2D eigenvalue weighted by atomic mass is 32.2. The second kappa shape index (κ2) is 8.87. The fourth-order valence-electron chi connectivity index (χ4n) is 5.27. The molecule has 3 aliphatic rings. The third kappa shape index (κ3) is 5.17. The third-order valence-electron chi connectivity index (χ3n) is 7.09. The predicted molar refractivity (Wildman–Crippen MR) is 120 cm³/mol. The van der Waals surface area contributed by atoms with E-state index >= 15 is 0 Å². The summed E-state index contributed by atoms with van der Waals surface area (Å²) in [5, 5.41) is 3.46. The molecule has 1 unspecified atom stereocenters. The number of nitrogens with one attached hydrogen (secondary N) is 2. The van der Waals surface area contributed by atoms with Gasteiger partial charge in [-0.3, -0.25) is 9.52 Å². The summed E-state index contributed by atoms with van der Waals surface area (Å²) in [6.07, 6.45) is 11.6. The van der Waals surface area contributed by atoms with Gasteiger partial charge in [0.2, 0.25) is 15.9 Å². The van der Waals surface area contributed by atoms with Gasteiger partial charge in [-0.25, -0.2) is 8.42 Å². The topological polar surface area (TPSA) is 78.5 Å². The van der Waals surface area contributed by atoms with Crippen LogP contribution in [0, 0.1) is 5.92 Å². The molecule has 0 spiro atoms. The molecule has 0 aromatic heterocycles. The van der Waals surface area contributed by atoms with E-state index in [2.05, 4.69) is 14.9 Å². The average Bonchev–Trinajstić information content (AvgIpc) is 3.37. The first kappa shape index (κ1) is 21.6. The van der Waals surface area contributed by atoms with Crippen molar-refractivity contribution in [2.45, 2.75) is 69.2 Å². The minimum Gasteiger partial charge on any atom is -0.351 e. The Labute approximate surface area is 180 Å². The number of carbonyl (C=O) groups is 1. The van der Waals surface area contributed by atoms with Gasteiger partial charge in [0.15, 0.2) is 0 Å². The van der Waals surface area contributed by atoms with Crippen LogP contribution in [0.3, 0.4) is 0 Å². The Morgan fingerprint density at radius 3 is 2.47 bits per heavy atom. The molecule has 0 radical (unpaired) electrons. The first-order valence-corrected chi connectivity index (χ1v) is 13.4. The van der Waals surface area contributed by atoms with Crippen molar-refractivity contribution in [1.82, 2.24) is 10.2 Å². The molecule has 2 aliphatic carbocycles. The highest BCUT2D eigenvalue weighted by Crippen LogP contribution is 2.49. The van der Waals surface area contributed by atoms with Crippen molar-refractivity contribution < 1.29 is 13.2 Å². The van der Waals surface area contributed by atoms with Crippen LogP contribution in [0.5, 0.6) is 0 Å². The maximum atomic E-state index is 13.5. The molecule has 1 aromatic carbocycles. The zero-order valence-electron chi connectivity index (χ0n) is 18.0. The number of carbonyl (C=O) groups excluding carboxylic acids is 1. The zero-order chi connectivity index (χ0) is 21.2. The van der Waals surface area contributed by atoms with Crippen molar-refractivity contribution in [1.29, 1.82) is 0 Å². The van der Waals surface area contributed by atoms with Crippen LogP contribution in [0.1, 0.15) is 63.4 Å². The Kier molecular flexibility index (Phi) is 6.39. The lowest BCUT2D eigenvalue weighted by Crippen LogP contribution is -2.50. The maximum Gasteiger partial charge on any atom is 0.230 e. The van der Waals surface area contributed by atoms with Gasteiger partial charge in [-0.05, 0) is 75.2 Å². The van der Waals surface area contributed by atoms with Gasteiger partial charge in [-0.1, -0.05) is 31.4 Å². The number of rotatable bonds is 8. The van der Waals surface area contributed by atoms with Crippen molar-refractivity contribution in [3.63, 3.8) is 0 Å². The summed E-state index contributed by atoms with van der Waals surface area (Å²) >= 11 is 0. The van der Waals surface area contributed by atoms with Gasteiger partial charge < -0.3 is 10.2 Å². The lowest BCUT2D eigenvalue weighted by Gasteiger charge is -2.34. The van der Waals surface area contributed by atoms with Crippen LogP contribution >= 0.6 is 0 Å². The molecular weight excluding hydrogens is 398 g/mol. The van der Waals surface area contributed by atoms with E-state index in [1.807, 2.05) is 18.2 Å². The quantitative estimate of drug-likeness (QED) is 0.660. The Bertz CT molecular complexity index is 854. The van der Waals surface area contributed by atoms with Crippen molar-refractivity contribution in [2.75, 3.05) is 30.6 Å². The van der Waals surface area contributed by atoms with Gasteiger partial charge in [-0.15, -0.1) is 0 Å². The molecule has 2 N–H and O–H groups in total. The van der Waals surface area contributed by atoms with Gasteiger partial charge in [0.05, 0.1) is 11.7 Å². The predicted octanol–water partition coefficient (Wildman–Crippen LogP) is 3.25. The molecule has 1 aromatic rings. The Balaban J connectivity index is 1.49. The van der Waals surface area contributed by atoms with Crippen molar-refractivity contribution in [2.24, 2.45) is 5.92 Å². The molecule has 1 heterocycles. The lowest BCUT2D eigenvalue weighted by molar-refractivity contribution is -0.125. The average molecular weight is 434 g/mol. The van der Waals surface area contributed by atoms with E-state index in [-0.39, 0.29) is 11.9 Å². The lowest BCUT2D eigenvalue weighted by atomic mass is 9.83. The minimum atomic E-state index is -3.34. The van der Waals surface area contributed by atoms with Gasteiger partial charge in [-0.2, -0.15) is 0 Å². The van der Waals surface area contributed by atoms with Crippen LogP contribution < -0.4 is 10.0 Å². The minimum absolute atomic E-state index is 0.119. The Hall–Kier alpha value is -1.60. The number of nitrogens with zero attached hydrogens (tertiary/aromatic N) is 1. The molecule has 166 valence electrons. The van der Waals surface area contributed by atoms with E-state index in [4.69, 9.17) is 0 Å². The summed E-state index contributed by atoms with van der Waals surface area (Å²) in [5.74, 6) is 0.686. The molecule has 1 atom stereocenters. The van der Waals surface area contributed by atoms with Crippen LogP contribution in [0.2, 0.25) is 0 Å². The first-order valence-electron chi connectivity index (χ1n) is 11.5. The maximum absolute atomic E-state index is 13.5. The van der Waals surface area contributed by atoms with E-state index in [9.17, 15) is 13.2 Å². The molecule has 7 heteroatoms. The second-order valence-corrected chi connectivity index (χ2v) is 11.3. The van der Waals surface area contributed by atoms with Gasteiger partial charge in [0.25, 0.3) is 0 Å². The van der Waals surface area contributed by atoms with Crippen LogP contribution in [0.25, 0.3) is 0 Å². The SMILES string of the molecule is CS(=O)(=O)Nc1cccc(C2(C(=O)NC(CN3CCCC3)C3CCCCC3)CC2)c1. The van der Waals surface area contributed by atoms with E-state index < -0.39 is 15.4 Å². The van der Waals surface area contributed by atoms with Crippen molar-refractivity contribution >= 4 is 21.6 Å². The molecule has 30 heavy (non-hydrogen) atoms. The number of anilines is 1. The van der Waals surface area contributed by atoms with Gasteiger partial charge >= 0.3 is 0 Å². The molecule has 0 bridgehead atoms. The first-order chi connectivity index (χ1) is 14.4. The largest absolute Gasteiger partial charge is 0.351 e. The van der Waals surface area contributed by atoms with E-state index in [1.54, 1.807) is 6.07 Å². The number of sulfonamides is 1. The fourth-order valence-corrected chi connectivity index (χ4v) is 5.82. The highest BCUT2D eigenvalue weighted by Gasteiger charge is 2.52. The van der Waals surface area contributed by atoms with Crippen molar-refractivity contribution in [3.8, 4) is 0 Å². The molecule has 2 saturated carbocycles. The molecule has 4 rings (SSSR count). The number of benzene rings is 1. The molecule has 3 fully saturated rings. The Morgan fingerprint density at radius 1 is 1.13 bits per heavy atom. The smallest absolute Gasteiger partial charge is 0.230 e.